The van der Waals surface area contributed by atoms with E-state index in [2.05, 4.69) is 32.1 Å². The van der Waals surface area contributed by atoms with Crippen molar-refractivity contribution in [1.29, 1.82) is 0 Å². The Bertz CT molecular complexity index is 663. The fourth-order valence-corrected chi connectivity index (χ4v) is 2.46. The fourth-order valence-electron chi connectivity index (χ4n) is 2.46. The second-order valence-corrected chi connectivity index (χ2v) is 7.28. The highest BCUT2D eigenvalue weighted by Gasteiger charge is 1.97. The number of carbonyl (C=O) groups is 2. The molecule has 5 nitrogen and oxygen atoms in total. The van der Waals surface area contributed by atoms with Crippen LogP contribution in [0.25, 0.3) is 0 Å². The number of aliphatic hydroxyl groups is 1. The molecule has 0 rings (SSSR count). The molecule has 0 spiro atoms. The van der Waals surface area contributed by atoms with Gasteiger partial charge < -0.3 is 14.9 Å². The average molecular weight is 405 g/mol. The van der Waals surface area contributed by atoms with Crippen LogP contribution in [0.15, 0.2) is 58.7 Å². The van der Waals surface area contributed by atoms with Crippen LogP contribution in [0.4, 0.5) is 0 Å². The summed E-state index contributed by atoms with van der Waals surface area (Å²) in [6.07, 6.45) is 16.0. The molecule has 0 aliphatic carbocycles. The molecule has 0 saturated heterocycles. The van der Waals surface area contributed by atoms with E-state index in [4.69, 9.17) is 14.9 Å². The Labute approximate surface area is 175 Å². The Morgan fingerprint density at radius 1 is 0.724 bits per heavy atom. The lowest BCUT2D eigenvalue weighted by Gasteiger charge is -2.03. The molecule has 0 aromatic carbocycles. The van der Waals surface area contributed by atoms with Crippen molar-refractivity contribution in [2.45, 2.75) is 66.2 Å². The first kappa shape index (κ1) is 26.6. The van der Waals surface area contributed by atoms with Crippen LogP contribution in [0.3, 0.4) is 0 Å². The molecule has 0 bridgehead atoms. The summed E-state index contributed by atoms with van der Waals surface area (Å²) in [5.41, 5.74) is 4.90. The van der Waals surface area contributed by atoms with Crippen molar-refractivity contribution in [3.8, 4) is 0 Å². The predicted molar refractivity (Wildman–Crippen MR) is 118 cm³/mol. The molecule has 0 aromatic heterocycles. The Morgan fingerprint density at radius 3 is 1.62 bits per heavy atom. The molecule has 0 amide bonds. The van der Waals surface area contributed by atoms with Crippen LogP contribution in [0, 0.1) is 0 Å². The summed E-state index contributed by atoms with van der Waals surface area (Å²) in [7, 11) is 0. The minimum absolute atomic E-state index is 0.136. The van der Waals surface area contributed by atoms with Crippen LogP contribution >= 0.6 is 0 Å². The number of hydrogen-bond acceptors (Lipinski definition) is 4. The number of allylic oxidation sites excluding steroid dienone is 6. The summed E-state index contributed by atoms with van der Waals surface area (Å²) in [5, 5.41) is 17.4. The lowest BCUT2D eigenvalue weighted by Crippen LogP contribution is -2.02. The molecule has 2 N–H and O–H groups in total. The number of ether oxygens (including phenoxy) is 1. The van der Waals surface area contributed by atoms with E-state index in [1.807, 2.05) is 19.9 Å². The van der Waals surface area contributed by atoms with Gasteiger partial charge in [0, 0.05) is 12.2 Å². The van der Waals surface area contributed by atoms with Gasteiger partial charge in [-0.05, 0) is 72.3 Å². The lowest BCUT2D eigenvalue weighted by molar-refractivity contribution is -0.137. The van der Waals surface area contributed by atoms with Gasteiger partial charge in [0.05, 0.1) is 6.61 Å². The third-order valence-corrected chi connectivity index (χ3v) is 4.36. The Kier molecular flexibility index (Phi) is 15.2. The zero-order chi connectivity index (χ0) is 22.1. The van der Waals surface area contributed by atoms with Crippen LogP contribution in [0.1, 0.15) is 66.2 Å². The van der Waals surface area contributed by atoms with Crippen molar-refractivity contribution in [1.82, 2.24) is 0 Å². The number of esters is 1. The second kappa shape index (κ2) is 16.5. The summed E-state index contributed by atoms with van der Waals surface area (Å²) >= 11 is 0. The molecule has 0 radical (unpaired) electrons. The van der Waals surface area contributed by atoms with Crippen LogP contribution < -0.4 is 0 Å². The quantitative estimate of drug-likeness (QED) is 0.233. The molecule has 0 saturated carbocycles. The van der Waals surface area contributed by atoms with Gasteiger partial charge in [-0.2, -0.15) is 0 Å². The number of carboxylic acid groups (broad SMARTS) is 1. The smallest absolute Gasteiger partial charge is 0.331 e. The standard InChI is InChI=1S/C24H36O5/c1-19(8-5-9-20(2)11-7-13-22(4)18-25)10-6-12-21(3)16-17-29-24(28)15-14-23(26)27/h9-10,13-16,25H,5-8,11-12,17-18H2,1-4H3,(H,26,27)/b15-14+,19-10+,20-9+,21-16+,22-13+. The summed E-state index contributed by atoms with van der Waals surface area (Å²) in [6.45, 7) is 8.51. The molecule has 0 fully saturated rings. The van der Waals surface area contributed by atoms with Crippen LogP contribution in [-0.2, 0) is 14.3 Å². The van der Waals surface area contributed by atoms with E-state index in [1.54, 1.807) is 0 Å². The number of hydrogen-bond donors (Lipinski definition) is 2. The van der Waals surface area contributed by atoms with E-state index < -0.39 is 11.9 Å². The molecule has 0 unspecified atom stereocenters. The van der Waals surface area contributed by atoms with E-state index in [-0.39, 0.29) is 13.2 Å². The van der Waals surface area contributed by atoms with Gasteiger partial charge in [-0.1, -0.05) is 40.5 Å². The van der Waals surface area contributed by atoms with Crippen molar-refractivity contribution in [2.75, 3.05) is 13.2 Å². The normalized spacial score (nSPS) is 13.8. The topological polar surface area (TPSA) is 83.8 Å². The Balaban J connectivity index is 4.09. The van der Waals surface area contributed by atoms with Gasteiger partial charge >= 0.3 is 11.9 Å². The summed E-state index contributed by atoms with van der Waals surface area (Å²) in [6, 6.07) is 0. The molecule has 0 aliphatic heterocycles. The van der Waals surface area contributed by atoms with E-state index in [0.717, 1.165) is 61.8 Å². The zero-order valence-electron chi connectivity index (χ0n) is 18.2. The van der Waals surface area contributed by atoms with Gasteiger partial charge in [-0.25, -0.2) is 9.59 Å². The van der Waals surface area contributed by atoms with Gasteiger partial charge in [0.2, 0.25) is 0 Å². The maximum atomic E-state index is 11.3. The zero-order valence-corrected chi connectivity index (χ0v) is 18.2. The molecule has 0 aromatic rings. The fraction of sp³-hybridized carbons (Fsp3) is 0.500. The van der Waals surface area contributed by atoms with Crippen molar-refractivity contribution in [3.05, 3.63) is 58.7 Å². The van der Waals surface area contributed by atoms with Crippen LogP contribution in [0.2, 0.25) is 0 Å². The first-order valence-electron chi connectivity index (χ1n) is 10.1. The average Bonchev–Trinajstić information content (AvgIpc) is 2.66. The molecule has 162 valence electrons. The predicted octanol–water partition coefficient (Wildman–Crippen LogP) is 5.29. The van der Waals surface area contributed by atoms with Crippen molar-refractivity contribution in [2.24, 2.45) is 0 Å². The lowest BCUT2D eigenvalue weighted by atomic mass is 10.0. The van der Waals surface area contributed by atoms with Crippen molar-refractivity contribution >= 4 is 11.9 Å². The highest BCUT2D eigenvalue weighted by Crippen LogP contribution is 2.13. The molecule has 0 atom stereocenters. The number of carboxylic acids is 1. The minimum atomic E-state index is -1.17. The molecular formula is C24H36O5. The number of carbonyl (C=O) groups excluding carboxylic acids is 1. The Morgan fingerprint density at radius 2 is 1.17 bits per heavy atom. The summed E-state index contributed by atoms with van der Waals surface area (Å²) < 4.78 is 4.91. The molecule has 0 heterocycles. The van der Waals surface area contributed by atoms with E-state index >= 15 is 0 Å². The minimum Gasteiger partial charge on any atom is -0.478 e. The van der Waals surface area contributed by atoms with Gasteiger partial charge in [-0.15, -0.1) is 0 Å². The van der Waals surface area contributed by atoms with Crippen molar-refractivity contribution < 1.29 is 24.5 Å². The largest absolute Gasteiger partial charge is 0.478 e. The molecular weight excluding hydrogens is 368 g/mol. The second-order valence-electron chi connectivity index (χ2n) is 7.28. The SMILES string of the molecule is C/C(=C\CC/C(C)=C/CC/C(C)=C/CC/C(C)=C/COC(=O)/C=C/C(=O)O)CO. The van der Waals surface area contributed by atoms with Gasteiger partial charge in [-0.3, -0.25) is 0 Å². The highest BCUT2D eigenvalue weighted by molar-refractivity contribution is 5.90. The monoisotopic (exact) mass is 404 g/mol. The molecule has 29 heavy (non-hydrogen) atoms. The van der Waals surface area contributed by atoms with E-state index in [1.165, 1.54) is 11.1 Å². The van der Waals surface area contributed by atoms with Crippen LogP contribution in [-0.4, -0.2) is 35.4 Å². The molecule has 5 heteroatoms. The highest BCUT2D eigenvalue weighted by atomic mass is 16.5. The summed E-state index contributed by atoms with van der Waals surface area (Å²) in [5.74, 6) is -1.83. The van der Waals surface area contributed by atoms with Gasteiger partial charge in [0.25, 0.3) is 0 Å². The number of aliphatic hydroxyl groups excluding tert-OH is 1. The third kappa shape index (κ3) is 17.4. The van der Waals surface area contributed by atoms with Gasteiger partial charge in [0.1, 0.15) is 6.61 Å². The Hall–Kier alpha value is -2.40. The number of aliphatic carboxylic acids is 1. The van der Waals surface area contributed by atoms with E-state index in [9.17, 15) is 9.59 Å². The first-order valence-corrected chi connectivity index (χ1v) is 10.1. The third-order valence-electron chi connectivity index (χ3n) is 4.36. The van der Waals surface area contributed by atoms with Gasteiger partial charge in [0.15, 0.2) is 0 Å². The summed E-state index contributed by atoms with van der Waals surface area (Å²) in [4.78, 5) is 21.6. The van der Waals surface area contributed by atoms with E-state index in [0.29, 0.717) is 0 Å². The number of rotatable bonds is 14. The van der Waals surface area contributed by atoms with Crippen molar-refractivity contribution in [3.63, 3.8) is 0 Å². The molecule has 0 aliphatic rings. The van der Waals surface area contributed by atoms with Crippen LogP contribution in [0.5, 0.6) is 0 Å². The first-order chi connectivity index (χ1) is 13.7. The maximum absolute atomic E-state index is 11.3. The maximum Gasteiger partial charge on any atom is 0.331 e.